The molecule has 2 aromatic rings. The highest BCUT2D eigenvalue weighted by Gasteiger charge is 2.08. The van der Waals surface area contributed by atoms with Crippen molar-refractivity contribution >= 4 is 41.5 Å². The number of methoxy groups -OCH3 is 2. The molecule has 0 bridgehead atoms. The number of ether oxygens (including phenoxy) is 2. The first-order chi connectivity index (χ1) is 13.6. The van der Waals surface area contributed by atoms with Crippen LogP contribution >= 0.6 is 24.0 Å². The molecule has 0 saturated carbocycles. The second kappa shape index (κ2) is 12.9. The fraction of sp³-hybridized carbons (Fsp3) is 0.333. The summed E-state index contributed by atoms with van der Waals surface area (Å²) >= 11 is 0. The Labute approximate surface area is 189 Å². The summed E-state index contributed by atoms with van der Waals surface area (Å²) in [6.45, 7) is 2.68. The van der Waals surface area contributed by atoms with Gasteiger partial charge < -0.3 is 25.4 Å². The number of carbonyl (C=O) groups excluding carboxylic acids is 1. The Balaban J connectivity index is 0.00000420. The molecular weight excluding hydrogens is 483 g/mol. The minimum atomic E-state index is -0.141. The minimum Gasteiger partial charge on any atom is -0.497 e. The molecule has 0 spiro atoms. The molecule has 8 heteroatoms. The Hall–Kier alpha value is -2.49. The molecule has 0 aliphatic rings. The van der Waals surface area contributed by atoms with E-state index in [1.807, 2.05) is 42.5 Å². The Kier molecular flexibility index (Phi) is 10.9. The first kappa shape index (κ1) is 24.5. The van der Waals surface area contributed by atoms with E-state index in [9.17, 15) is 4.79 Å². The molecule has 29 heavy (non-hydrogen) atoms. The van der Waals surface area contributed by atoms with Crippen molar-refractivity contribution in [1.82, 2.24) is 10.6 Å². The molecule has 7 nitrogen and oxygen atoms in total. The van der Waals surface area contributed by atoms with Gasteiger partial charge in [0.1, 0.15) is 11.5 Å². The second-order valence-electron chi connectivity index (χ2n) is 6.06. The van der Waals surface area contributed by atoms with E-state index in [4.69, 9.17) is 9.47 Å². The predicted octanol–water partition coefficient (Wildman–Crippen LogP) is 3.19. The zero-order valence-corrected chi connectivity index (χ0v) is 19.6. The van der Waals surface area contributed by atoms with Crippen LogP contribution in [0.3, 0.4) is 0 Å². The smallest absolute Gasteiger partial charge is 0.243 e. The molecular formula is C21H29IN4O3. The lowest BCUT2D eigenvalue weighted by Crippen LogP contribution is -2.41. The van der Waals surface area contributed by atoms with Gasteiger partial charge in [-0.05, 0) is 36.2 Å². The maximum absolute atomic E-state index is 12.2. The lowest BCUT2D eigenvalue weighted by atomic mass is 10.1. The summed E-state index contributed by atoms with van der Waals surface area (Å²) in [5.74, 6) is 1.83. The van der Waals surface area contributed by atoms with Crippen LogP contribution in [-0.2, 0) is 17.8 Å². The number of carbonyl (C=O) groups is 1. The van der Waals surface area contributed by atoms with Crippen LogP contribution in [0.25, 0.3) is 0 Å². The first-order valence-corrected chi connectivity index (χ1v) is 9.13. The number of amides is 1. The lowest BCUT2D eigenvalue weighted by molar-refractivity contribution is -0.115. The summed E-state index contributed by atoms with van der Waals surface area (Å²) in [4.78, 5) is 16.3. The Morgan fingerprint density at radius 2 is 1.86 bits per heavy atom. The van der Waals surface area contributed by atoms with E-state index >= 15 is 0 Å². The van der Waals surface area contributed by atoms with Gasteiger partial charge in [-0.3, -0.25) is 9.79 Å². The maximum Gasteiger partial charge on any atom is 0.243 e. The molecule has 0 atom stereocenters. The molecule has 0 unspecified atom stereocenters. The summed E-state index contributed by atoms with van der Waals surface area (Å²) in [6, 6.07) is 13.4. The van der Waals surface area contributed by atoms with Crippen LogP contribution in [0, 0.1) is 0 Å². The molecule has 2 rings (SSSR count). The quantitative estimate of drug-likeness (QED) is 0.288. The molecule has 0 radical (unpaired) electrons. The van der Waals surface area contributed by atoms with Crippen LogP contribution in [0.15, 0.2) is 47.5 Å². The Morgan fingerprint density at radius 1 is 1.07 bits per heavy atom. The van der Waals surface area contributed by atoms with E-state index in [0.29, 0.717) is 12.5 Å². The third-order valence-electron chi connectivity index (χ3n) is 4.20. The van der Waals surface area contributed by atoms with Gasteiger partial charge in [-0.2, -0.15) is 0 Å². The number of benzene rings is 2. The fourth-order valence-electron chi connectivity index (χ4n) is 2.64. The normalized spacial score (nSPS) is 10.6. The zero-order valence-electron chi connectivity index (χ0n) is 17.2. The average molecular weight is 512 g/mol. The number of rotatable bonds is 8. The third kappa shape index (κ3) is 7.80. The molecule has 0 aromatic heterocycles. The molecule has 0 aliphatic heterocycles. The van der Waals surface area contributed by atoms with E-state index in [-0.39, 0.29) is 36.4 Å². The third-order valence-corrected chi connectivity index (χ3v) is 4.20. The summed E-state index contributed by atoms with van der Waals surface area (Å²) in [5, 5.41) is 9.07. The molecule has 1 amide bonds. The van der Waals surface area contributed by atoms with Crippen molar-refractivity contribution in [3.8, 4) is 11.5 Å². The van der Waals surface area contributed by atoms with Crippen LogP contribution in [0.4, 0.5) is 5.69 Å². The van der Waals surface area contributed by atoms with Crippen LogP contribution in [0.5, 0.6) is 11.5 Å². The van der Waals surface area contributed by atoms with E-state index in [0.717, 1.165) is 29.2 Å². The average Bonchev–Trinajstić information content (AvgIpc) is 2.73. The lowest BCUT2D eigenvalue weighted by Gasteiger charge is -2.14. The van der Waals surface area contributed by atoms with Gasteiger partial charge in [0.2, 0.25) is 5.91 Å². The van der Waals surface area contributed by atoms with E-state index in [2.05, 4.69) is 27.9 Å². The molecule has 158 valence electrons. The van der Waals surface area contributed by atoms with Gasteiger partial charge in [0.25, 0.3) is 0 Å². The topological polar surface area (TPSA) is 84.0 Å². The highest BCUT2D eigenvalue weighted by atomic mass is 127. The standard InChI is InChI=1S/C21H28N4O3.HI/c1-5-15-7-6-8-17(11-15)25-20(26)14-24-21(22-2)23-13-16-9-10-18(27-3)12-19(16)28-4;/h6-12H,5,13-14H2,1-4H3,(H,25,26)(H2,22,23,24);1H. The van der Waals surface area contributed by atoms with Crippen molar-refractivity contribution in [2.45, 2.75) is 19.9 Å². The highest BCUT2D eigenvalue weighted by Crippen LogP contribution is 2.24. The molecule has 0 heterocycles. The van der Waals surface area contributed by atoms with E-state index in [1.165, 1.54) is 5.56 Å². The number of nitrogens with zero attached hydrogens (tertiary/aromatic N) is 1. The molecule has 0 aliphatic carbocycles. The number of halogens is 1. The van der Waals surface area contributed by atoms with Crippen LogP contribution in [0.2, 0.25) is 0 Å². The predicted molar refractivity (Wildman–Crippen MR) is 128 cm³/mol. The Morgan fingerprint density at radius 3 is 2.52 bits per heavy atom. The molecule has 2 aromatic carbocycles. The van der Waals surface area contributed by atoms with Crippen LogP contribution in [-0.4, -0.2) is 39.7 Å². The monoisotopic (exact) mass is 512 g/mol. The van der Waals surface area contributed by atoms with Crippen molar-refractivity contribution in [1.29, 1.82) is 0 Å². The number of nitrogens with one attached hydrogen (secondary N) is 3. The molecule has 3 N–H and O–H groups in total. The number of anilines is 1. The number of hydrogen-bond acceptors (Lipinski definition) is 4. The van der Waals surface area contributed by atoms with Gasteiger partial charge in [-0.1, -0.05) is 19.1 Å². The second-order valence-corrected chi connectivity index (χ2v) is 6.06. The van der Waals surface area contributed by atoms with Crippen molar-refractivity contribution in [3.05, 3.63) is 53.6 Å². The highest BCUT2D eigenvalue weighted by molar-refractivity contribution is 14.0. The van der Waals surface area contributed by atoms with E-state index < -0.39 is 0 Å². The first-order valence-electron chi connectivity index (χ1n) is 9.13. The van der Waals surface area contributed by atoms with Gasteiger partial charge in [0.15, 0.2) is 5.96 Å². The van der Waals surface area contributed by atoms with Gasteiger partial charge >= 0.3 is 0 Å². The largest absolute Gasteiger partial charge is 0.497 e. The number of hydrogen-bond donors (Lipinski definition) is 3. The molecule has 0 saturated heterocycles. The maximum atomic E-state index is 12.2. The Bertz CT molecular complexity index is 827. The summed E-state index contributed by atoms with van der Waals surface area (Å²) < 4.78 is 10.6. The van der Waals surface area contributed by atoms with Crippen molar-refractivity contribution in [3.63, 3.8) is 0 Å². The summed E-state index contributed by atoms with van der Waals surface area (Å²) in [6.07, 6.45) is 0.924. The zero-order chi connectivity index (χ0) is 20.4. The minimum absolute atomic E-state index is 0. The van der Waals surface area contributed by atoms with Crippen LogP contribution in [0.1, 0.15) is 18.1 Å². The van der Waals surface area contributed by atoms with Crippen molar-refractivity contribution in [2.24, 2.45) is 4.99 Å². The van der Waals surface area contributed by atoms with Gasteiger partial charge in [0, 0.05) is 30.9 Å². The number of aryl methyl sites for hydroxylation is 1. The SMILES string of the molecule is CCc1cccc(NC(=O)CNC(=NC)NCc2ccc(OC)cc2OC)c1.I. The van der Waals surface area contributed by atoms with Crippen LogP contribution < -0.4 is 25.4 Å². The summed E-state index contributed by atoms with van der Waals surface area (Å²) in [5.41, 5.74) is 2.92. The van der Waals surface area contributed by atoms with E-state index in [1.54, 1.807) is 21.3 Å². The number of guanidine groups is 1. The van der Waals surface area contributed by atoms with Gasteiger partial charge in [-0.25, -0.2) is 0 Å². The van der Waals surface area contributed by atoms with Gasteiger partial charge in [-0.15, -0.1) is 24.0 Å². The van der Waals surface area contributed by atoms with Gasteiger partial charge in [0.05, 0.1) is 20.8 Å². The fourth-order valence-corrected chi connectivity index (χ4v) is 2.64. The summed E-state index contributed by atoms with van der Waals surface area (Å²) in [7, 11) is 4.88. The number of aliphatic imine (C=N–C) groups is 1. The van der Waals surface area contributed by atoms with Crippen molar-refractivity contribution < 1.29 is 14.3 Å². The van der Waals surface area contributed by atoms with Crippen molar-refractivity contribution in [2.75, 3.05) is 33.1 Å². The molecule has 0 fully saturated rings.